The van der Waals surface area contributed by atoms with Crippen LogP contribution in [0.1, 0.15) is 30.4 Å². The number of anilines is 1. The number of carbonyl (C=O) groups is 1. The quantitative estimate of drug-likeness (QED) is 0.931. The summed E-state index contributed by atoms with van der Waals surface area (Å²) in [6, 6.07) is 6.48. The van der Waals surface area contributed by atoms with Crippen LogP contribution >= 0.6 is 0 Å². The molecule has 1 amide bonds. The van der Waals surface area contributed by atoms with E-state index < -0.39 is 0 Å². The lowest BCUT2D eigenvalue weighted by Crippen LogP contribution is -2.51. The minimum atomic E-state index is 0.173. The van der Waals surface area contributed by atoms with Gasteiger partial charge in [0.1, 0.15) is 0 Å². The van der Waals surface area contributed by atoms with Gasteiger partial charge in [-0.3, -0.25) is 4.79 Å². The maximum atomic E-state index is 12.8. The average molecular weight is 315 g/mol. The van der Waals surface area contributed by atoms with Gasteiger partial charge in [0.25, 0.3) is 0 Å². The molecule has 2 aliphatic rings. The van der Waals surface area contributed by atoms with Crippen molar-refractivity contribution in [3.63, 3.8) is 0 Å². The molecule has 1 heterocycles. The first-order chi connectivity index (χ1) is 11.1. The molecule has 0 bridgehead atoms. The standard InChI is InChI=1S/C19H29N3O/c1-14-5-3-8-18(15(14)2)21-9-11-22(12-10-21)19(23)17-7-4-6-16(17)13-20/h3,5,8,16-17H,4,6-7,9-13,20H2,1-2H3/t16-,17-/m1/s1. The molecular weight excluding hydrogens is 286 g/mol. The third kappa shape index (κ3) is 3.23. The Bertz CT molecular complexity index is 564. The highest BCUT2D eigenvalue weighted by atomic mass is 16.2. The molecule has 4 nitrogen and oxygen atoms in total. The van der Waals surface area contributed by atoms with Crippen molar-refractivity contribution in [2.45, 2.75) is 33.1 Å². The second-order valence-corrected chi connectivity index (χ2v) is 7.06. The van der Waals surface area contributed by atoms with Gasteiger partial charge in [-0.25, -0.2) is 0 Å². The lowest BCUT2D eigenvalue weighted by molar-refractivity contribution is -0.136. The van der Waals surface area contributed by atoms with E-state index in [0.717, 1.165) is 45.4 Å². The van der Waals surface area contributed by atoms with E-state index in [1.54, 1.807) is 0 Å². The molecule has 0 spiro atoms. The van der Waals surface area contributed by atoms with Crippen molar-refractivity contribution in [2.75, 3.05) is 37.6 Å². The summed E-state index contributed by atoms with van der Waals surface area (Å²) in [6.45, 7) is 8.52. The zero-order valence-corrected chi connectivity index (χ0v) is 14.4. The fourth-order valence-electron chi connectivity index (χ4n) is 4.12. The molecule has 126 valence electrons. The second-order valence-electron chi connectivity index (χ2n) is 7.06. The molecule has 2 atom stereocenters. The molecule has 1 aromatic rings. The fourth-order valence-corrected chi connectivity index (χ4v) is 4.12. The summed E-state index contributed by atoms with van der Waals surface area (Å²) in [4.78, 5) is 17.3. The number of hydrogen-bond donors (Lipinski definition) is 1. The summed E-state index contributed by atoms with van der Waals surface area (Å²) in [5, 5.41) is 0. The minimum Gasteiger partial charge on any atom is -0.368 e. The van der Waals surface area contributed by atoms with Crippen LogP contribution in [0, 0.1) is 25.7 Å². The van der Waals surface area contributed by atoms with Gasteiger partial charge in [-0.05, 0) is 56.3 Å². The third-order valence-electron chi connectivity index (χ3n) is 5.79. The van der Waals surface area contributed by atoms with Crippen LogP contribution in [0.3, 0.4) is 0 Å². The summed E-state index contributed by atoms with van der Waals surface area (Å²) < 4.78 is 0. The minimum absolute atomic E-state index is 0.173. The molecule has 0 radical (unpaired) electrons. The third-order valence-corrected chi connectivity index (χ3v) is 5.79. The van der Waals surface area contributed by atoms with Gasteiger partial charge in [-0.15, -0.1) is 0 Å². The van der Waals surface area contributed by atoms with Crippen LogP contribution in [0.25, 0.3) is 0 Å². The zero-order valence-electron chi connectivity index (χ0n) is 14.4. The molecule has 1 saturated carbocycles. The highest BCUT2D eigenvalue weighted by molar-refractivity contribution is 5.80. The normalized spacial score (nSPS) is 25.0. The van der Waals surface area contributed by atoms with Crippen molar-refractivity contribution in [1.29, 1.82) is 0 Å². The van der Waals surface area contributed by atoms with Crippen LogP contribution in [0.2, 0.25) is 0 Å². The topological polar surface area (TPSA) is 49.6 Å². The Hall–Kier alpha value is -1.55. The smallest absolute Gasteiger partial charge is 0.226 e. The number of nitrogens with two attached hydrogens (primary N) is 1. The summed E-state index contributed by atoms with van der Waals surface area (Å²) in [7, 11) is 0. The largest absolute Gasteiger partial charge is 0.368 e. The van der Waals surface area contributed by atoms with Crippen LogP contribution < -0.4 is 10.6 Å². The van der Waals surface area contributed by atoms with Crippen LogP contribution in [-0.2, 0) is 4.79 Å². The van der Waals surface area contributed by atoms with Crippen LogP contribution in [0.15, 0.2) is 18.2 Å². The maximum absolute atomic E-state index is 12.8. The first kappa shape index (κ1) is 16.3. The molecule has 2 N–H and O–H groups in total. The number of amides is 1. The van der Waals surface area contributed by atoms with E-state index in [2.05, 4.69) is 41.8 Å². The molecule has 23 heavy (non-hydrogen) atoms. The van der Waals surface area contributed by atoms with E-state index in [-0.39, 0.29) is 5.92 Å². The van der Waals surface area contributed by atoms with Gasteiger partial charge in [-0.2, -0.15) is 0 Å². The van der Waals surface area contributed by atoms with Gasteiger partial charge in [0.05, 0.1) is 0 Å². The molecule has 0 unspecified atom stereocenters. The monoisotopic (exact) mass is 315 g/mol. The highest BCUT2D eigenvalue weighted by Gasteiger charge is 2.35. The number of piperazine rings is 1. The first-order valence-electron chi connectivity index (χ1n) is 8.92. The van der Waals surface area contributed by atoms with Gasteiger partial charge in [0, 0.05) is 37.8 Å². The number of carbonyl (C=O) groups excluding carboxylic acids is 1. The molecule has 4 heteroatoms. The van der Waals surface area contributed by atoms with Crippen molar-refractivity contribution in [3.05, 3.63) is 29.3 Å². The number of aryl methyl sites for hydroxylation is 1. The van der Waals surface area contributed by atoms with Crippen LogP contribution in [0.4, 0.5) is 5.69 Å². The van der Waals surface area contributed by atoms with Gasteiger partial charge in [0.2, 0.25) is 5.91 Å². The Labute approximate surface area is 139 Å². The lowest BCUT2D eigenvalue weighted by atomic mass is 9.94. The lowest BCUT2D eigenvalue weighted by Gasteiger charge is -2.38. The van der Waals surface area contributed by atoms with Gasteiger partial charge < -0.3 is 15.5 Å². The maximum Gasteiger partial charge on any atom is 0.226 e. The molecule has 1 aliphatic heterocycles. The van der Waals surface area contributed by atoms with Gasteiger partial charge in [0.15, 0.2) is 0 Å². The zero-order chi connectivity index (χ0) is 16.4. The average Bonchev–Trinajstić information content (AvgIpc) is 3.05. The van der Waals surface area contributed by atoms with E-state index >= 15 is 0 Å². The number of benzene rings is 1. The first-order valence-corrected chi connectivity index (χ1v) is 8.92. The summed E-state index contributed by atoms with van der Waals surface area (Å²) in [6.07, 6.45) is 3.30. The Morgan fingerprint density at radius 2 is 1.91 bits per heavy atom. The summed E-state index contributed by atoms with van der Waals surface area (Å²) in [5.74, 6) is 0.922. The Morgan fingerprint density at radius 1 is 1.17 bits per heavy atom. The van der Waals surface area contributed by atoms with Gasteiger partial charge in [-0.1, -0.05) is 18.6 Å². The SMILES string of the molecule is Cc1cccc(N2CCN(C(=O)[C@@H]3CCC[C@@H]3CN)CC2)c1C. The molecule has 3 rings (SSSR count). The van der Waals surface area contributed by atoms with Crippen molar-refractivity contribution in [3.8, 4) is 0 Å². The number of hydrogen-bond acceptors (Lipinski definition) is 3. The summed E-state index contributed by atoms with van der Waals surface area (Å²) >= 11 is 0. The fraction of sp³-hybridized carbons (Fsp3) is 0.632. The Kier molecular flexibility index (Phi) is 4.90. The van der Waals surface area contributed by atoms with Gasteiger partial charge >= 0.3 is 0 Å². The molecular formula is C19H29N3O. The van der Waals surface area contributed by atoms with Crippen LogP contribution in [0.5, 0.6) is 0 Å². The Morgan fingerprint density at radius 3 is 2.61 bits per heavy atom. The number of nitrogens with zero attached hydrogens (tertiary/aromatic N) is 2. The van der Waals surface area contributed by atoms with Crippen molar-refractivity contribution < 1.29 is 4.79 Å². The van der Waals surface area contributed by atoms with Crippen molar-refractivity contribution in [1.82, 2.24) is 4.90 Å². The molecule has 0 aromatic heterocycles. The van der Waals surface area contributed by atoms with E-state index in [4.69, 9.17) is 5.73 Å². The highest BCUT2D eigenvalue weighted by Crippen LogP contribution is 2.33. The Balaban J connectivity index is 1.62. The van der Waals surface area contributed by atoms with E-state index in [1.165, 1.54) is 16.8 Å². The molecule has 1 saturated heterocycles. The van der Waals surface area contributed by atoms with Crippen molar-refractivity contribution in [2.24, 2.45) is 17.6 Å². The van der Waals surface area contributed by atoms with Crippen molar-refractivity contribution >= 4 is 11.6 Å². The molecule has 1 aliphatic carbocycles. The van der Waals surface area contributed by atoms with E-state index in [9.17, 15) is 4.79 Å². The molecule has 1 aromatic carbocycles. The summed E-state index contributed by atoms with van der Waals surface area (Å²) in [5.41, 5.74) is 9.84. The van der Waals surface area contributed by atoms with Crippen LogP contribution in [-0.4, -0.2) is 43.5 Å². The number of rotatable bonds is 3. The predicted molar refractivity (Wildman–Crippen MR) is 94.6 cm³/mol. The van der Waals surface area contributed by atoms with E-state index in [0.29, 0.717) is 18.4 Å². The predicted octanol–water partition coefficient (Wildman–Crippen LogP) is 2.33. The molecule has 2 fully saturated rings. The van der Waals surface area contributed by atoms with E-state index in [1.807, 2.05) is 0 Å². The second kappa shape index (κ2) is 6.91.